The maximum absolute atomic E-state index is 5.82. The molecule has 1 saturated carbocycles. The van der Waals surface area contributed by atoms with Crippen molar-refractivity contribution < 1.29 is 0 Å². The molecule has 1 heterocycles. The minimum Gasteiger partial charge on any atom is -0.330 e. The molecule has 0 amide bonds. The van der Waals surface area contributed by atoms with Crippen molar-refractivity contribution in [1.29, 1.82) is 0 Å². The number of hydrogen-bond donors (Lipinski definition) is 1. The van der Waals surface area contributed by atoms with Gasteiger partial charge in [-0.05, 0) is 49.8 Å². The normalized spacial score (nSPS) is 32.9. The molecular formula is C15H22N2. The summed E-state index contributed by atoms with van der Waals surface area (Å²) in [5.41, 5.74) is 7.27. The Labute approximate surface area is 104 Å². The van der Waals surface area contributed by atoms with Gasteiger partial charge in [-0.2, -0.15) is 0 Å². The fourth-order valence-electron chi connectivity index (χ4n) is 3.68. The Kier molecular flexibility index (Phi) is 3.17. The van der Waals surface area contributed by atoms with E-state index in [0.29, 0.717) is 0 Å². The minimum atomic E-state index is 0.781. The molecule has 2 N–H and O–H groups in total. The zero-order valence-corrected chi connectivity index (χ0v) is 10.4. The first-order valence-corrected chi connectivity index (χ1v) is 6.85. The highest BCUT2D eigenvalue weighted by atomic mass is 15.2. The second-order valence-electron chi connectivity index (χ2n) is 5.65. The van der Waals surface area contributed by atoms with Crippen LogP contribution in [-0.4, -0.2) is 24.0 Å². The summed E-state index contributed by atoms with van der Waals surface area (Å²) in [6.07, 6.45) is 4.08. The molecule has 2 fully saturated rings. The number of nitrogens with two attached hydrogens (primary N) is 1. The van der Waals surface area contributed by atoms with E-state index in [0.717, 1.165) is 31.0 Å². The first kappa shape index (κ1) is 11.2. The minimum absolute atomic E-state index is 0.781. The zero-order valence-electron chi connectivity index (χ0n) is 10.4. The summed E-state index contributed by atoms with van der Waals surface area (Å²) in [6.45, 7) is 3.28. The standard InChI is InChI=1S/C15H22N2/c16-10-13-8-14-6-7-17(15(14)9-13)11-12-4-2-1-3-5-12/h1-5,13-15H,6-11,16H2. The molecule has 1 aliphatic heterocycles. The van der Waals surface area contributed by atoms with Gasteiger partial charge in [0.15, 0.2) is 0 Å². The van der Waals surface area contributed by atoms with Crippen LogP contribution >= 0.6 is 0 Å². The van der Waals surface area contributed by atoms with Crippen LogP contribution in [0, 0.1) is 11.8 Å². The van der Waals surface area contributed by atoms with Crippen LogP contribution in [0.4, 0.5) is 0 Å². The molecule has 0 aromatic heterocycles. The molecule has 1 aliphatic carbocycles. The number of benzene rings is 1. The maximum atomic E-state index is 5.82. The molecule has 0 radical (unpaired) electrons. The zero-order chi connectivity index (χ0) is 11.7. The Morgan fingerprint density at radius 2 is 2.00 bits per heavy atom. The molecule has 1 aromatic rings. The molecule has 3 atom stereocenters. The third kappa shape index (κ3) is 2.24. The number of rotatable bonds is 3. The van der Waals surface area contributed by atoms with Crippen LogP contribution in [0.5, 0.6) is 0 Å². The summed E-state index contributed by atoms with van der Waals surface area (Å²) in [7, 11) is 0. The van der Waals surface area contributed by atoms with E-state index < -0.39 is 0 Å². The smallest absolute Gasteiger partial charge is 0.0236 e. The average Bonchev–Trinajstić information content (AvgIpc) is 2.92. The van der Waals surface area contributed by atoms with E-state index in [9.17, 15) is 0 Å². The SMILES string of the molecule is NCC1CC2CCN(Cc3ccccc3)C2C1. The van der Waals surface area contributed by atoms with Crippen molar-refractivity contribution >= 4 is 0 Å². The summed E-state index contributed by atoms with van der Waals surface area (Å²) in [5, 5.41) is 0. The van der Waals surface area contributed by atoms with Crippen LogP contribution < -0.4 is 5.73 Å². The molecule has 92 valence electrons. The molecular weight excluding hydrogens is 208 g/mol. The first-order chi connectivity index (χ1) is 8.36. The predicted octanol–water partition coefficient (Wildman–Crippen LogP) is 2.25. The molecule has 1 aromatic carbocycles. The fourth-order valence-corrected chi connectivity index (χ4v) is 3.68. The van der Waals surface area contributed by atoms with Gasteiger partial charge in [0, 0.05) is 12.6 Å². The van der Waals surface area contributed by atoms with E-state index in [1.165, 1.54) is 31.4 Å². The van der Waals surface area contributed by atoms with Gasteiger partial charge >= 0.3 is 0 Å². The van der Waals surface area contributed by atoms with Crippen LogP contribution in [-0.2, 0) is 6.54 Å². The summed E-state index contributed by atoms with van der Waals surface area (Å²) >= 11 is 0. The van der Waals surface area contributed by atoms with Crippen LogP contribution in [0.15, 0.2) is 30.3 Å². The predicted molar refractivity (Wildman–Crippen MR) is 70.5 cm³/mol. The molecule has 2 aliphatic rings. The quantitative estimate of drug-likeness (QED) is 0.863. The average molecular weight is 230 g/mol. The monoisotopic (exact) mass is 230 g/mol. The van der Waals surface area contributed by atoms with Gasteiger partial charge in [0.2, 0.25) is 0 Å². The molecule has 2 heteroatoms. The van der Waals surface area contributed by atoms with E-state index in [1.807, 2.05) is 0 Å². The number of nitrogens with zero attached hydrogens (tertiary/aromatic N) is 1. The molecule has 0 spiro atoms. The van der Waals surface area contributed by atoms with E-state index in [1.54, 1.807) is 0 Å². The van der Waals surface area contributed by atoms with Gasteiger partial charge in [-0.15, -0.1) is 0 Å². The lowest BCUT2D eigenvalue weighted by atomic mass is 10.0. The maximum Gasteiger partial charge on any atom is 0.0236 e. The van der Waals surface area contributed by atoms with E-state index in [-0.39, 0.29) is 0 Å². The van der Waals surface area contributed by atoms with Gasteiger partial charge in [0.05, 0.1) is 0 Å². The van der Waals surface area contributed by atoms with Gasteiger partial charge in [0.1, 0.15) is 0 Å². The Balaban J connectivity index is 1.65. The van der Waals surface area contributed by atoms with Crippen molar-refractivity contribution in [3.8, 4) is 0 Å². The highest BCUT2D eigenvalue weighted by Gasteiger charge is 2.41. The van der Waals surface area contributed by atoms with Crippen molar-refractivity contribution in [3.63, 3.8) is 0 Å². The first-order valence-electron chi connectivity index (χ1n) is 6.85. The lowest BCUT2D eigenvalue weighted by Crippen LogP contribution is -2.30. The largest absolute Gasteiger partial charge is 0.330 e. The van der Waals surface area contributed by atoms with Gasteiger partial charge < -0.3 is 5.73 Å². The molecule has 1 saturated heterocycles. The molecule has 2 nitrogen and oxygen atoms in total. The van der Waals surface area contributed by atoms with Crippen molar-refractivity contribution in [2.75, 3.05) is 13.1 Å². The second-order valence-corrected chi connectivity index (χ2v) is 5.65. The van der Waals surface area contributed by atoms with E-state index >= 15 is 0 Å². The van der Waals surface area contributed by atoms with Gasteiger partial charge in [-0.1, -0.05) is 30.3 Å². The molecule has 0 bridgehead atoms. The highest BCUT2D eigenvalue weighted by Crippen LogP contribution is 2.41. The third-order valence-corrected chi connectivity index (χ3v) is 4.57. The van der Waals surface area contributed by atoms with Crippen molar-refractivity contribution in [2.24, 2.45) is 17.6 Å². The summed E-state index contributed by atoms with van der Waals surface area (Å²) in [5.74, 6) is 1.70. The van der Waals surface area contributed by atoms with E-state index in [2.05, 4.69) is 35.2 Å². The molecule has 3 unspecified atom stereocenters. The topological polar surface area (TPSA) is 29.3 Å². The number of hydrogen-bond acceptors (Lipinski definition) is 2. The summed E-state index contributed by atoms with van der Waals surface area (Å²) in [6, 6.07) is 11.7. The van der Waals surface area contributed by atoms with E-state index in [4.69, 9.17) is 5.73 Å². The Hall–Kier alpha value is -0.860. The van der Waals surface area contributed by atoms with Gasteiger partial charge in [0.25, 0.3) is 0 Å². The van der Waals surface area contributed by atoms with Crippen molar-refractivity contribution in [2.45, 2.75) is 31.8 Å². The van der Waals surface area contributed by atoms with Crippen LogP contribution in [0.2, 0.25) is 0 Å². The molecule has 17 heavy (non-hydrogen) atoms. The van der Waals surface area contributed by atoms with Crippen molar-refractivity contribution in [1.82, 2.24) is 4.90 Å². The lowest BCUT2D eigenvalue weighted by molar-refractivity contribution is 0.228. The third-order valence-electron chi connectivity index (χ3n) is 4.57. The van der Waals surface area contributed by atoms with Crippen LogP contribution in [0.25, 0.3) is 0 Å². The summed E-state index contributed by atoms with van der Waals surface area (Å²) in [4.78, 5) is 2.68. The lowest BCUT2D eigenvalue weighted by Gasteiger charge is -2.24. The number of likely N-dealkylation sites (tertiary alicyclic amines) is 1. The molecule has 3 rings (SSSR count). The van der Waals surface area contributed by atoms with Crippen LogP contribution in [0.3, 0.4) is 0 Å². The van der Waals surface area contributed by atoms with Gasteiger partial charge in [-0.25, -0.2) is 0 Å². The Morgan fingerprint density at radius 1 is 1.18 bits per heavy atom. The highest BCUT2D eigenvalue weighted by molar-refractivity contribution is 5.15. The fraction of sp³-hybridized carbons (Fsp3) is 0.600. The summed E-state index contributed by atoms with van der Waals surface area (Å²) < 4.78 is 0. The Morgan fingerprint density at radius 3 is 2.76 bits per heavy atom. The van der Waals surface area contributed by atoms with Crippen LogP contribution in [0.1, 0.15) is 24.8 Å². The van der Waals surface area contributed by atoms with Gasteiger partial charge in [-0.3, -0.25) is 4.90 Å². The Bertz CT molecular complexity index is 362. The van der Waals surface area contributed by atoms with Crippen molar-refractivity contribution in [3.05, 3.63) is 35.9 Å². The number of fused-ring (bicyclic) bond motifs is 1. The second kappa shape index (κ2) is 4.79.